The fourth-order valence-corrected chi connectivity index (χ4v) is 3.84. The van der Waals surface area contributed by atoms with Crippen LogP contribution in [0.3, 0.4) is 0 Å². The molecule has 2 heterocycles. The number of amides is 1. The predicted molar refractivity (Wildman–Crippen MR) is 95.7 cm³/mol. The van der Waals surface area contributed by atoms with E-state index in [2.05, 4.69) is 13.8 Å². The van der Waals surface area contributed by atoms with Gasteiger partial charge < -0.3 is 19.5 Å². The first-order valence-corrected chi connectivity index (χ1v) is 9.34. The molecule has 1 N–H and O–H groups in total. The summed E-state index contributed by atoms with van der Waals surface area (Å²) in [5, 5.41) is 10.3. The van der Waals surface area contributed by atoms with E-state index in [1.54, 1.807) is 0 Å². The average molecular weight is 347 g/mol. The van der Waals surface area contributed by atoms with Gasteiger partial charge in [-0.25, -0.2) is 0 Å². The Morgan fingerprint density at radius 2 is 2.08 bits per heavy atom. The lowest BCUT2D eigenvalue weighted by Crippen LogP contribution is -2.49. The minimum atomic E-state index is -0.378. The molecule has 25 heavy (non-hydrogen) atoms. The smallest absolute Gasteiger partial charge is 0.260 e. The number of hydrogen-bond donors (Lipinski definition) is 1. The highest BCUT2D eigenvalue weighted by molar-refractivity contribution is 5.78. The van der Waals surface area contributed by atoms with Gasteiger partial charge in [-0.1, -0.05) is 26.0 Å². The molecule has 1 aromatic rings. The molecule has 2 aliphatic rings. The van der Waals surface area contributed by atoms with Gasteiger partial charge in [-0.05, 0) is 42.9 Å². The molecule has 5 nitrogen and oxygen atoms in total. The van der Waals surface area contributed by atoms with Crippen molar-refractivity contribution in [1.29, 1.82) is 0 Å². The molecule has 3 rings (SSSR count). The zero-order chi connectivity index (χ0) is 17.8. The lowest BCUT2D eigenvalue weighted by atomic mass is 9.89. The summed E-state index contributed by atoms with van der Waals surface area (Å²) in [7, 11) is 0. The third-order valence-corrected chi connectivity index (χ3v) is 5.39. The largest absolute Gasteiger partial charge is 0.484 e. The molecule has 0 radical (unpaired) electrons. The van der Waals surface area contributed by atoms with Crippen molar-refractivity contribution >= 4 is 5.91 Å². The SMILES string of the molecule is CC(C)c1ccc(OCC(=O)N2CCC[C@@H]2[C@H]2COCC[C@H]2O)cc1. The third-order valence-electron chi connectivity index (χ3n) is 5.39. The van der Waals surface area contributed by atoms with Crippen molar-refractivity contribution < 1.29 is 19.4 Å². The minimum Gasteiger partial charge on any atom is -0.484 e. The molecule has 5 heteroatoms. The van der Waals surface area contributed by atoms with Crippen molar-refractivity contribution in [2.45, 2.75) is 51.2 Å². The highest BCUT2D eigenvalue weighted by atomic mass is 16.5. The molecule has 0 aliphatic carbocycles. The Labute approximate surface area is 149 Å². The maximum atomic E-state index is 12.6. The number of ether oxygens (including phenoxy) is 2. The first kappa shape index (κ1) is 18.2. The van der Waals surface area contributed by atoms with Gasteiger partial charge in [0.15, 0.2) is 6.61 Å². The monoisotopic (exact) mass is 347 g/mol. The van der Waals surface area contributed by atoms with Gasteiger partial charge in [0, 0.05) is 25.1 Å². The number of aliphatic hydroxyl groups is 1. The fourth-order valence-electron chi connectivity index (χ4n) is 3.84. The quantitative estimate of drug-likeness (QED) is 0.889. The van der Waals surface area contributed by atoms with Crippen LogP contribution in [0.25, 0.3) is 0 Å². The summed E-state index contributed by atoms with van der Waals surface area (Å²) in [6.07, 6.45) is 2.18. The van der Waals surface area contributed by atoms with E-state index in [4.69, 9.17) is 9.47 Å². The second-order valence-electron chi connectivity index (χ2n) is 7.40. The van der Waals surface area contributed by atoms with Crippen molar-refractivity contribution in [1.82, 2.24) is 4.90 Å². The molecule has 1 aromatic carbocycles. The van der Waals surface area contributed by atoms with Gasteiger partial charge in [0.2, 0.25) is 0 Å². The second-order valence-corrected chi connectivity index (χ2v) is 7.40. The van der Waals surface area contributed by atoms with Gasteiger partial charge >= 0.3 is 0 Å². The van der Waals surface area contributed by atoms with Crippen molar-refractivity contribution in [2.24, 2.45) is 5.92 Å². The summed E-state index contributed by atoms with van der Waals surface area (Å²) in [6, 6.07) is 7.98. The molecule has 0 saturated carbocycles. The lowest BCUT2D eigenvalue weighted by Gasteiger charge is -2.36. The molecule has 0 unspecified atom stereocenters. The Morgan fingerprint density at radius 1 is 1.32 bits per heavy atom. The van der Waals surface area contributed by atoms with E-state index < -0.39 is 0 Å². The summed E-state index contributed by atoms with van der Waals surface area (Å²) in [4.78, 5) is 14.5. The topological polar surface area (TPSA) is 59.0 Å². The molecule has 2 fully saturated rings. The molecule has 1 amide bonds. The average Bonchev–Trinajstić information content (AvgIpc) is 3.10. The number of hydrogen-bond acceptors (Lipinski definition) is 4. The van der Waals surface area contributed by atoms with E-state index in [1.165, 1.54) is 5.56 Å². The van der Waals surface area contributed by atoms with Crippen LogP contribution in [0.2, 0.25) is 0 Å². The molecular weight excluding hydrogens is 318 g/mol. The number of rotatable bonds is 5. The van der Waals surface area contributed by atoms with Crippen LogP contribution in [0.4, 0.5) is 0 Å². The van der Waals surface area contributed by atoms with E-state index >= 15 is 0 Å². The number of aliphatic hydroxyl groups excluding tert-OH is 1. The van der Waals surface area contributed by atoms with E-state index in [0.29, 0.717) is 25.6 Å². The molecule has 2 aliphatic heterocycles. The first-order chi connectivity index (χ1) is 12.1. The van der Waals surface area contributed by atoms with Crippen molar-refractivity contribution in [3.05, 3.63) is 29.8 Å². The van der Waals surface area contributed by atoms with Crippen LogP contribution in [0.5, 0.6) is 5.75 Å². The van der Waals surface area contributed by atoms with E-state index in [0.717, 1.165) is 25.1 Å². The summed E-state index contributed by atoms with van der Waals surface area (Å²) in [5.74, 6) is 1.21. The highest BCUT2D eigenvalue weighted by Gasteiger charge is 2.39. The van der Waals surface area contributed by atoms with Crippen LogP contribution >= 0.6 is 0 Å². The van der Waals surface area contributed by atoms with Gasteiger partial charge in [-0.15, -0.1) is 0 Å². The fraction of sp³-hybridized carbons (Fsp3) is 0.650. The van der Waals surface area contributed by atoms with Crippen molar-refractivity contribution in [3.8, 4) is 5.75 Å². The first-order valence-electron chi connectivity index (χ1n) is 9.34. The standard InChI is InChI=1S/C20H29NO4/c1-14(2)15-5-7-16(8-6-15)25-13-20(23)21-10-3-4-18(21)17-12-24-11-9-19(17)22/h5-8,14,17-19,22H,3-4,9-13H2,1-2H3/t17-,18-,19-/m1/s1. The van der Waals surface area contributed by atoms with Crippen molar-refractivity contribution in [2.75, 3.05) is 26.4 Å². The maximum absolute atomic E-state index is 12.6. The molecule has 0 bridgehead atoms. The Balaban J connectivity index is 1.56. The zero-order valence-electron chi connectivity index (χ0n) is 15.2. The van der Waals surface area contributed by atoms with Crippen LogP contribution in [-0.2, 0) is 9.53 Å². The molecular formula is C20H29NO4. The maximum Gasteiger partial charge on any atom is 0.260 e. The Hall–Kier alpha value is -1.59. The summed E-state index contributed by atoms with van der Waals surface area (Å²) < 4.78 is 11.2. The molecule has 0 aromatic heterocycles. The van der Waals surface area contributed by atoms with E-state index in [1.807, 2.05) is 29.2 Å². The summed E-state index contributed by atoms with van der Waals surface area (Å²) >= 11 is 0. The highest BCUT2D eigenvalue weighted by Crippen LogP contribution is 2.30. The molecule has 3 atom stereocenters. The van der Waals surface area contributed by atoms with E-state index in [-0.39, 0.29) is 30.6 Å². The van der Waals surface area contributed by atoms with Gasteiger partial charge in [0.1, 0.15) is 5.75 Å². The Kier molecular flexibility index (Phi) is 5.97. The lowest BCUT2D eigenvalue weighted by molar-refractivity contribution is -0.138. The Bertz CT molecular complexity index is 572. The van der Waals surface area contributed by atoms with Crippen molar-refractivity contribution in [3.63, 3.8) is 0 Å². The zero-order valence-corrected chi connectivity index (χ0v) is 15.2. The number of likely N-dealkylation sites (tertiary alicyclic amines) is 1. The molecule has 2 saturated heterocycles. The molecule has 0 spiro atoms. The predicted octanol–water partition coefficient (Wildman–Crippen LogP) is 2.58. The van der Waals surface area contributed by atoms with Crippen LogP contribution < -0.4 is 4.74 Å². The van der Waals surface area contributed by atoms with Gasteiger partial charge in [0.05, 0.1) is 12.7 Å². The second kappa shape index (κ2) is 8.19. The summed E-state index contributed by atoms with van der Waals surface area (Å²) in [5.41, 5.74) is 1.25. The normalized spacial score (nSPS) is 26.9. The van der Waals surface area contributed by atoms with E-state index in [9.17, 15) is 9.90 Å². The third kappa shape index (κ3) is 4.33. The number of carbonyl (C=O) groups excluding carboxylic acids is 1. The van der Waals surface area contributed by atoms with Crippen LogP contribution in [0.1, 0.15) is 44.6 Å². The van der Waals surface area contributed by atoms with Gasteiger partial charge in [-0.3, -0.25) is 4.79 Å². The number of nitrogens with zero attached hydrogens (tertiary/aromatic N) is 1. The number of carbonyl (C=O) groups is 1. The summed E-state index contributed by atoms with van der Waals surface area (Å²) in [6.45, 7) is 6.22. The van der Waals surface area contributed by atoms with Crippen LogP contribution in [0.15, 0.2) is 24.3 Å². The molecule has 138 valence electrons. The minimum absolute atomic E-state index is 0.00629. The van der Waals surface area contributed by atoms with Crippen LogP contribution in [-0.4, -0.2) is 54.4 Å². The van der Waals surface area contributed by atoms with Crippen LogP contribution in [0, 0.1) is 5.92 Å². The van der Waals surface area contributed by atoms with Gasteiger partial charge in [0.25, 0.3) is 5.91 Å². The van der Waals surface area contributed by atoms with Gasteiger partial charge in [-0.2, -0.15) is 0 Å². The number of benzene rings is 1. The Morgan fingerprint density at radius 3 is 2.76 bits per heavy atom.